The van der Waals surface area contributed by atoms with E-state index in [1.165, 1.54) is 10.8 Å². The molecule has 0 spiro atoms. The van der Waals surface area contributed by atoms with Gasteiger partial charge in [0.15, 0.2) is 5.76 Å². The van der Waals surface area contributed by atoms with Gasteiger partial charge in [-0.1, -0.05) is 0 Å². The SMILES string of the molecule is O=C(Cn1cc(Br)cc(Br)c1=O)c1ccco1. The highest BCUT2D eigenvalue weighted by atomic mass is 79.9. The number of hydrogen-bond donors (Lipinski definition) is 0. The fourth-order valence-corrected chi connectivity index (χ4v) is 2.61. The molecule has 2 aromatic heterocycles. The van der Waals surface area contributed by atoms with Crippen molar-refractivity contribution in [2.45, 2.75) is 6.54 Å². The van der Waals surface area contributed by atoms with E-state index in [0.717, 1.165) is 4.47 Å². The Morgan fingerprint density at radius 2 is 2.18 bits per heavy atom. The van der Waals surface area contributed by atoms with Crippen molar-refractivity contribution in [2.75, 3.05) is 0 Å². The maximum absolute atomic E-state index is 11.8. The number of rotatable bonds is 3. The third-order valence-corrected chi connectivity index (χ3v) is 3.12. The summed E-state index contributed by atoms with van der Waals surface area (Å²) in [6.45, 7) is -0.0512. The molecular weight excluding hydrogens is 354 g/mol. The van der Waals surface area contributed by atoms with E-state index in [1.807, 2.05) is 0 Å². The summed E-state index contributed by atoms with van der Waals surface area (Å²) in [5, 5.41) is 0. The standard InChI is InChI=1S/C11H7Br2NO3/c12-7-4-8(13)11(16)14(5-7)6-9(15)10-2-1-3-17-10/h1-5H,6H2. The fraction of sp³-hybridized carbons (Fsp3) is 0.0909. The Bertz CT molecular complexity index is 602. The van der Waals surface area contributed by atoms with E-state index in [4.69, 9.17) is 4.42 Å². The smallest absolute Gasteiger partial charge is 0.265 e. The van der Waals surface area contributed by atoms with Crippen molar-refractivity contribution in [3.8, 4) is 0 Å². The first-order valence-corrected chi connectivity index (χ1v) is 6.28. The third kappa shape index (κ3) is 2.76. The van der Waals surface area contributed by atoms with Crippen LogP contribution in [-0.4, -0.2) is 10.4 Å². The number of Topliss-reactive ketones (excluding diaryl/α,β-unsaturated/α-hetero) is 1. The molecule has 0 radical (unpaired) electrons. The highest BCUT2D eigenvalue weighted by molar-refractivity contribution is 9.11. The van der Waals surface area contributed by atoms with Gasteiger partial charge in [0.2, 0.25) is 5.78 Å². The minimum absolute atomic E-state index is 0.0512. The highest BCUT2D eigenvalue weighted by Crippen LogP contribution is 2.13. The van der Waals surface area contributed by atoms with Gasteiger partial charge in [0.1, 0.15) is 0 Å². The molecule has 0 aliphatic carbocycles. The Kier molecular flexibility index (Phi) is 3.63. The van der Waals surface area contributed by atoms with E-state index in [0.29, 0.717) is 4.47 Å². The molecule has 0 N–H and O–H groups in total. The summed E-state index contributed by atoms with van der Waals surface area (Å²) in [4.78, 5) is 23.5. The molecule has 0 saturated heterocycles. The molecule has 0 aromatic carbocycles. The highest BCUT2D eigenvalue weighted by Gasteiger charge is 2.12. The van der Waals surface area contributed by atoms with Crippen LogP contribution in [0.25, 0.3) is 0 Å². The number of halogens is 2. The lowest BCUT2D eigenvalue weighted by atomic mass is 10.3. The van der Waals surface area contributed by atoms with Crippen LogP contribution in [0.3, 0.4) is 0 Å². The van der Waals surface area contributed by atoms with Gasteiger partial charge >= 0.3 is 0 Å². The second-order valence-electron chi connectivity index (χ2n) is 3.34. The average molecular weight is 361 g/mol. The van der Waals surface area contributed by atoms with Gasteiger partial charge in [0.05, 0.1) is 17.3 Å². The number of carbonyl (C=O) groups is 1. The summed E-state index contributed by atoms with van der Waals surface area (Å²) < 4.78 is 7.42. The zero-order valence-corrected chi connectivity index (χ0v) is 11.7. The van der Waals surface area contributed by atoms with Crippen molar-refractivity contribution >= 4 is 37.6 Å². The number of hydrogen-bond acceptors (Lipinski definition) is 3. The van der Waals surface area contributed by atoms with Gasteiger partial charge in [-0.25, -0.2) is 0 Å². The molecule has 2 aromatic rings. The fourth-order valence-electron chi connectivity index (χ4n) is 1.35. The number of pyridine rings is 1. The Morgan fingerprint density at radius 1 is 1.41 bits per heavy atom. The van der Waals surface area contributed by atoms with E-state index in [1.54, 1.807) is 24.4 Å². The molecular formula is C11H7Br2NO3. The summed E-state index contributed by atoms with van der Waals surface area (Å²) in [5.74, 6) is -0.00454. The third-order valence-electron chi connectivity index (χ3n) is 2.12. The second kappa shape index (κ2) is 5.01. The van der Waals surface area contributed by atoms with Crippen LogP contribution >= 0.6 is 31.9 Å². The van der Waals surface area contributed by atoms with E-state index >= 15 is 0 Å². The summed E-state index contributed by atoms with van der Waals surface area (Å²) in [5.41, 5.74) is -0.256. The molecule has 6 heteroatoms. The van der Waals surface area contributed by atoms with E-state index < -0.39 is 0 Å². The molecule has 0 atom stereocenters. The Morgan fingerprint density at radius 3 is 2.82 bits per heavy atom. The molecule has 0 saturated carbocycles. The lowest BCUT2D eigenvalue weighted by molar-refractivity contribution is 0.0943. The first kappa shape index (κ1) is 12.3. The van der Waals surface area contributed by atoms with Gasteiger partial charge < -0.3 is 8.98 Å². The minimum Gasteiger partial charge on any atom is -0.461 e. The van der Waals surface area contributed by atoms with Gasteiger partial charge in [-0.15, -0.1) is 0 Å². The molecule has 2 heterocycles. The second-order valence-corrected chi connectivity index (χ2v) is 5.11. The van der Waals surface area contributed by atoms with Gasteiger partial charge in [0.25, 0.3) is 5.56 Å². The van der Waals surface area contributed by atoms with Crippen molar-refractivity contribution in [1.82, 2.24) is 4.57 Å². The van der Waals surface area contributed by atoms with Crippen LogP contribution in [0.2, 0.25) is 0 Å². The Labute approximate surface area is 114 Å². The number of carbonyl (C=O) groups excluding carboxylic acids is 1. The molecule has 0 unspecified atom stereocenters. The van der Waals surface area contributed by atoms with Crippen LogP contribution in [0.15, 0.2) is 48.8 Å². The van der Waals surface area contributed by atoms with Gasteiger partial charge in [-0.05, 0) is 50.1 Å². The molecule has 0 fully saturated rings. The average Bonchev–Trinajstić information content (AvgIpc) is 2.78. The zero-order valence-electron chi connectivity index (χ0n) is 8.52. The van der Waals surface area contributed by atoms with Crippen molar-refractivity contribution < 1.29 is 9.21 Å². The molecule has 0 amide bonds. The predicted molar refractivity (Wildman–Crippen MR) is 69.1 cm³/mol. The largest absolute Gasteiger partial charge is 0.461 e. The maximum atomic E-state index is 11.8. The maximum Gasteiger partial charge on any atom is 0.265 e. The van der Waals surface area contributed by atoms with Crippen molar-refractivity contribution in [2.24, 2.45) is 0 Å². The quantitative estimate of drug-likeness (QED) is 0.791. The summed E-state index contributed by atoms with van der Waals surface area (Å²) in [6.07, 6.45) is 2.99. The lowest BCUT2D eigenvalue weighted by Gasteiger charge is -2.05. The van der Waals surface area contributed by atoms with Crippen LogP contribution < -0.4 is 5.56 Å². The van der Waals surface area contributed by atoms with Crippen LogP contribution in [0.4, 0.5) is 0 Å². The normalized spacial score (nSPS) is 10.5. The minimum atomic E-state index is -0.256. The van der Waals surface area contributed by atoms with Crippen LogP contribution in [-0.2, 0) is 6.54 Å². The number of nitrogens with zero attached hydrogens (tertiary/aromatic N) is 1. The number of aromatic nitrogens is 1. The molecule has 0 aliphatic rings. The monoisotopic (exact) mass is 359 g/mol. The van der Waals surface area contributed by atoms with Crippen LogP contribution in [0, 0.1) is 0 Å². The van der Waals surface area contributed by atoms with Gasteiger partial charge in [-0.3, -0.25) is 9.59 Å². The molecule has 4 nitrogen and oxygen atoms in total. The topological polar surface area (TPSA) is 52.2 Å². The molecule has 88 valence electrons. The molecule has 0 aliphatic heterocycles. The van der Waals surface area contributed by atoms with E-state index in [-0.39, 0.29) is 23.6 Å². The Balaban J connectivity index is 2.31. The summed E-state index contributed by atoms with van der Waals surface area (Å²) >= 11 is 6.40. The first-order chi connectivity index (χ1) is 8.08. The number of ketones is 1. The molecule has 17 heavy (non-hydrogen) atoms. The van der Waals surface area contributed by atoms with E-state index in [2.05, 4.69) is 31.9 Å². The van der Waals surface area contributed by atoms with Crippen molar-refractivity contribution in [3.05, 3.63) is 55.7 Å². The summed E-state index contributed by atoms with van der Waals surface area (Å²) in [6, 6.07) is 4.84. The summed E-state index contributed by atoms with van der Waals surface area (Å²) in [7, 11) is 0. The zero-order chi connectivity index (χ0) is 12.4. The van der Waals surface area contributed by atoms with Crippen LogP contribution in [0.1, 0.15) is 10.6 Å². The molecule has 0 bridgehead atoms. The van der Waals surface area contributed by atoms with Gasteiger partial charge in [-0.2, -0.15) is 0 Å². The Hall–Kier alpha value is -1.14. The number of furan rings is 1. The van der Waals surface area contributed by atoms with Crippen molar-refractivity contribution in [3.63, 3.8) is 0 Å². The van der Waals surface area contributed by atoms with Gasteiger partial charge in [0, 0.05) is 10.7 Å². The lowest BCUT2D eigenvalue weighted by Crippen LogP contribution is -2.24. The van der Waals surface area contributed by atoms with Crippen molar-refractivity contribution in [1.29, 1.82) is 0 Å². The van der Waals surface area contributed by atoms with Crippen LogP contribution in [0.5, 0.6) is 0 Å². The predicted octanol–water partition coefficient (Wildman–Crippen LogP) is 2.85. The first-order valence-electron chi connectivity index (χ1n) is 4.70. The van der Waals surface area contributed by atoms with E-state index in [9.17, 15) is 9.59 Å². The molecule has 2 rings (SSSR count).